The SMILES string of the molecule is CCNCc1cc(Br)ccc1OCC(O)C(F)(F)F. The standard InChI is InChI=1S/C12H15BrF3NO2/c1-2-17-6-8-5-9(13)3-4-10(8)19-7-11(18)12(14,15)16/h3-5,11,17-18H,2,6-7H2,1H3. The van der Waals surface area contributed by atoms with Crippen LogP contribution in [-0.4, -0.2) is 30.5 Å². The molecule has 1 unspecified atom stereocenters. The number of halogens is 4. The Hall–Kier alpha value is -0.790. The van der Waals surface area contributed by atoms with Crippen molar-refractivity contribution >= 4 is 15.9 Å². The van der Waals surface area contributed by atoms with Crippen LogP contribution in [0.5, 0.6) is 5.75 Å². The first kappa shape index (κ1) is 16.3. The molecule has 0 aromatic heterocycles. The maximum atomic E-state index is 12.2. The van der Waals surface area contributed by atoms with Gasteiger partial charge in [0.2, 0.25) is 0 Å². The Morgan fingerprint density at radius 1 is 1.42 bits per heavy atom. The van der Waals surface area contributed by atoms with Crippen molar-refractivity contribution in [3.63, 3.8) is 0 Å². The predicted molar refractivity (Wildman–Crippen MR) is 69.1 cm³/mol. The third-order valence-electron chi connectivity index (χ3n) is 2.36. The summed E-state index contributed by atoms with van der Waals surface area (Å²) >= 11 is 3.29. The molecule has 1 aromatic carbocycles. The second kappa shape index (κ2) is 7.12. The number of hydrogen-bond donors (Lipinski definition) is 2. The van der Waals surface area contributed by atoms with Crippen molar-refractivity contribution in [3.05, 3.63) is 28.2 Å². The quantitative estimate of drug-likeness (QED) is 0.835. The van der Waals surface area contributed by atoms with E-state index in [1.807, 2.05) is 6.92 Å². The smallest absolute Gasteiger partial charge is 0.417 e. The summed E-state index contributed by atoms with van der Waals surface area (Å²) in [5.41, 5.74) is 0.727. The van der Waals surface area contributed by atoms with Crippen LogP contribution >= 0.6 is 15.9 Å². The van der Waals surface area contributed by atoms with Crippen molar-refractivity contribution in [2.45, 2.75) is 25.7 Å². The maximum Gasteiger partial charge on any atom is 0.417 e. The molecule has 0 saturated carbocycles. The molecular formula is C12H15BrF3NO2. The van der Waals surface area contributed by atoms with Crippen LogP contribution in [0.3, 0.4) is 0 Å². The van der Waals surface area contributed by atoms with Gasteiger partial charge in [0.05, 0.1) is 0 Å². The Morgan fingerprint density at radius 3 is 2.68 bits per heavy atom. The summed E-state index contributed by atoms with van der Waals surface area (Å²) in [6.45, 7) is 2.32. The molecule has 1 rings (SSSR count). The zero-order valence-electron chi connectivity index (χ0n) is 10.3. The molecule has 2 N–H and O–H groups in total. The lowest BCUT2D eigenvalue weighted by molar-refractivity contribution is -0.210. The van der Waals surface area contributed by atoms with Crippen LogP contribution in [0.25, 0.3) is 0 Å². The van der Waals surface area contributed by atoms with E-state index in [2.05, 4.69) is 21.2 Å². The van der Waals surface area contributed by atoms with Crippen molar-refractivity contribution in [1.82, 2.24) is 5.32 Å². The maximum absolute atomic E-state index is 12.2. The summed E-state index contributed by atoms with van der Waals surface area (Å²) in [6, 6.07) is 5.00. The Morgan fingerprint density at radius 2 is 2.11 bits per heavy atom. The first-order valence-electron chi connectivity index (χ1n) is 5.71. The topological polar surface area (TPSA) is 41.5 Å². The van der Waals surface area contributed by atoms with Crippen molar-refractivity contribution < 1.29 is 23.0 Å². The number of hydrogen-bond acceptors (Lipinski definition) is 3. The van der Waals surface area contributed by atoms with E-state index in [4.69, 9.17) is 9.84 Å². The molecule has 0 spiro atoms. The molecule has 0 aliphatic carbocycles. The molecule has 7 heteroatoms. The van der Waals surface area contributed by atoms with Crippen LogP contribution in [0.2, 0.25) is 0 Å². The summed E-state index contributed by atoms with van der Waals surface area (Å²) < 4.78 is 42.4. The zero-order chi connectivity index (χ0) is 14.5. The van der Waals surface area contributed by atoms with Gasteiger partial charge in [0, 0.05) is 16.6 Å². The van der Waals surface area contributed by atoms with Crippen LogP contribution in [0.1, 0.15) is 12.5 Å². The van der Waals surface area contributed by atoms with Crippen molar-refractivity contribution in [2.24, 2.45) is 0 Å². The Bertz CT molecular complexity index is 412. The molecule has 0 fully saturated rings. The van der Waals surface area contributed by atoms with Gasteiger partial charge in [-0.1, -0.05) is 22.9 Å². The van der Waals surface area contributed by atoms with Crippen LogP contribution in [0.15, 0.2) is 22.7 Å². The van der Waals surface area contributed by atoms with Gasteiger partial charge in [-0.3, -0.25) is 0 Å². The molecule has 0 saturated heterocycles. The fraction of sp³-hybridized carbons (Fsp3) is 0.500. The van der Waals surface area contributed by atoms with Crippen LogP contribution in [-0.2, 0) is 6.54 Å². The molecule has 0 aliphatic rings. The van der Waals surface area contributed by atoms with E-state index < -0.39 is 18.9 Å². The lowest BCUT2D eigenvalue weighted by Crippen LogP contribution is -2.34. The highest BCUT2D eigenvalue weighted by Gasteiger charge is 2.38. The van der Waals surface area contributed by atoms with E-state index in [1.54, 1.807) is 18.2 Å². The van der Waals surface area contributed by atoms with Crippen molar-refractivity contribution in [2.75, 3.05) is 13.2 Å². The third kappa shape index (κ3) is 5.38. The highest BCUT2D eigenvalue weighted by molar-refractivity contribution is 9.10. The van der Waals surface area contributed by atoms with Gasteiger partial charge >= 0.3 is 6.18 Å². The van der Waals surface area contributed by atoms with Gasteiger partial charge in [0.25, 0.3) is 0 Å². The minimum Gasteiger partial charge on any atom is -0.490 e. The number of nitrogens with one attached hydrogen (secondary N) is 1. The van der Waals surface area contributed by atoms with Gasteiger partial charge in [-0.05, 0) is 24.7 Å². The average Bonchev–Trinajstić information content (AvgIpc) is 2.33. The molecule has 0 radical (unpaired) electrons. The van der Waals surface area contributed by atoms with Crippen LogP contribution in [0, 0.1) is 0 Å². The molecule has 1 atom stereocenters. The molecule has 0 aliphatic heterocycles. The lowest BCUT2D eigenvalue weighted by atomic mass is 10.2. The molecule has 3 nitrogen and oxygen atoms in total. The molecule has 108 valence electrons. The number of aliphatic hydroxyl groups is 1. The van der Waals surface area contributed by atoms with Crippen molar-refractivity contribution in [1.29, 1.82) is 0 Å². The largest absolute Gasteiger partial charge is 0.490 e. The van der Waals surface area contributed by atoms with Gasteiger partial charge in [-0.25, -0.2) is 0 Å². The molecular weight excluding hydrogens is 327 g/mol. The summed E-state index contributed by atoms with van der Waals surface area (Å²) in [7, 11) is 0. The fourth-order valence-corrected chi connectivity index (χ4v) is 1.76. The molecule has 0 bridgehead atoms. The van der Waals surface area contributed by atoms with Crippen LogP contribution in [0.4, 0.5) is 13.2 Å². The molecule has 19 heavy (non-hydrogen) atoms. The molecule has 1 aromatic rings. The summed E-state index contributed by atoms with van der Waals surface area (Å²) in [5, 5.41) is 12.0. The van der Waals surface area contributed by atoms with Gasteiger partial charge < -0.3 is 15.2 Å². The highest BCUT2D eigenvalue weighted by Crippen LogP contribution is 2.25. The van der Waals surface area contributed by atoms with E-state index in [1.165, 1.54) is 0 Å². The minimum absolute atomic E-state index is 0.326. The van der Waals surface area contributed by atoms with Crippen molar-refractivity contribution in [3.8, 4) is 5.75 Å². The highest BCUT2D eigenvalue weighted by atomic mass is 79.9. The van der Waals surface area contributed by atoms with Gasteiger partial charge in [-0.15, -0.1) is 0 Å². The zero-order valence-corrected chi connectivity index (χ0v) is 11.9. The van der Waals surface area contributed by atoms with E-state index in [0.29, 0.717) is 12.3 Å². The summed E-state index contributed by atoms with van der Waals surface area (Å²) in [4.78, 5) is 0. The van der Waals surface area contributed by atoms with E-state index in [0.717, 1.165) is 16.6 Å². The van der Waals surface area contributed by atoms with Crippen LogP contribution < -0.4 is 10.1 Å². The van der Waals surface area contributed by atoms with E-state index in [9.17, 15) is 13.2 Å². The number of rotatable bonds is 6. The first-order chi connectivity index (χ1) is 8.84. The van der Waals surface area contributed by atoms with E-state index >= 15 is 0 Å². The predicted octanol–water partition coefficient (Wildman–Crippen LogP) is 2.86. The average molecular weight is 342 g/mol. The number of ether oxygens (including phenoxy) is 1. The molecule has 0 heterocycles. The number of alkyl halides is 3. The van der Waals surface area contributed by atoms with Gasteiger partial charge in [0.1, 0.15) is 12.4 Å². The summed E-state index contributed by atoms with van der Waals surface area (Å²) in [5.74, 6) is 0.326. The second-order valence-corrected chi connectivity index (χ2v) is 4.82. The van der Waals surface area contributed by atoms with Gasteiger partial charge in [-0.2, -0.15) is 13.2 Å². The first-order valence-corrected chi connectivity index (χ1v) is 6.50. The number of benzene rings is 1. The molecule has 0 amide bonds. The summed E-state index contributed by atoms with van der Waals surface area (Å²) in [6.07, 6.45) is -7.15. The fourth-order valence-electron chi connectivity index (χ4n) is 1.35. The third-order valence-corrected chi connectivity index (χ3v) is 2.86. The minimum atomic E-state index is -4.67. The lowest BCUT2D eigenvalue weighted by Gasteiger charge is -2.17. The number of aliphatic hydroxyl groups excluding tert-OH is 1. The normalized spacial score (nSPS) is 13.4. The van der Waals surface area contributed by atoms with E-state index in [-0.39, 0.29) is 0 Å². The Labute approximate surface area is 117 Å². The second-order valence-electron chi connectivity index (χ2n) is 3.90. The monoisotopic (exact) mass is 341 g/mol. The Balaban J connectivity index is 2.71. The van der Waals surface area contributed by atoms with Gasteiger partial charge in [0.15, 0.2) is 6.10 Å². The Kier molecular flexibility index (Phi) is 6.09.